The van der Waals surface area contributed by atoms with Crippen LogP contribution in [0.4, 0.5) is 23.1 Å². The number of anilines is 4. The van der Waals surface area contributed by atoms with E-state index in [0.29, 0.717) is 22.4 Å². The van der Waals surface area contributed by atoms with E-state index in [1.165, 1.54) is 11.1 Å². The molecule has 11 heteroatoms. The van der Waals surface area contributed by atoms with Gasteiger partial charge in [0.05, 0.1) is 18.5 Å². The minimum Gasteiger partial charge on any atom is -0.495 e. The molecule has 0 saturated carbocycles. The number of aromatic nitrogens is 3. The first-order valence-electron chi connectivity index (χ1n) is 10.8. The van der Waals surface area contributed by atoms with Gasteiger partial charge in [-0.1, -0.05) is 12.1 Å². The van der Waals surface area contributed by atoms with Gasteiger partial charge in [-0.2, -0.15) is 4.98 Å². The Bertz CT molecular complexity index is 1290. The quantitative estimate of drug-likeness (QED) is 0.435. The number of ether oxygens (including phenoxy) is 1. The number of para-hydroxylation sites is 1. The van der Waals surface area contributed by atoms with Crippen LogP contribution in [-0.4, -0.2) is 60.0 Å². The van der Waals surface area contributed by atoms with Crippen molar-refractivity contribution in [2.75, 3.05) is 44.7 Å². The number of hydrogen-bond donors (Lipinski definition) is 3. The van der Waals surface area contributed by atoms with Crippen LogP contribution >= 0.6 is 7.14 Å². The summed E-state index contributed by atoms with van der Waals surface area (Å²) >= 11 is 0. The number of benzene rings is 2. The molecule has 1 aromatic heterocycles. The van der Waals surface area contributed by atoms with Crippen LogP contribution in [0.25, 0.3) is 0 Å². The molecule has 3 aromatic rings. The van der Waals surface area contributed by atoms with E-state index >= 15 is 0 Å². The molecule has 1 amide bonds. The van der Waals surface area contributed by atoms with Crippen LogP contribution < -0.4 is 26.4 Å². The van der Waals surface area contributed by atoms with Gasteiger partial charge in [-0.05, 0) is 62.2 Å². The van der Waals surface area contributed by atoms with E-state index < -0.39 is 13.0 Å². The van der Waals surface area contributed by atoms with Crippen LogP contribution in [0.3, 0.4) is 0 Å². The normalized spacial score (nSPS) is 13.8. The summed E-state index contributed by atoms with van der Waals surface area (Å²) < 4.78 is 18.3. The number of carbonyl (C=O) groups is 1. The third-order valence-corrected chi connectivity index (χ3v) is 7.18. The van der Waals surface area contributed by atoms with Gasteiger partial charge < -0.3 is 30.6 Å². The van der Waals surface area contributed by atoms with Crippen LogP contribution in [-0.2, 0) is 17.5 Å². The average Bonchev–Trinajstić information content (AvgIpc) is 2.78. The number of amides is 1. The van der Waals surface area contributed by atoms with Gasteiger partial charge >= 0.3 is 0 Å². The maximum atomic E-state index is 12.8. The standard InChI is InChI=1S/C23H28N7O3P/c1-30-10-9-14-12-18(33-2)17(11-15(14)13-30)26-23-27-22(20(21(24)31)28-29-23)25-16-7-5-6-8-19(16)34(3,4)32/h5-8,11-12H,9-10,13H2,1-4H3,(H2,24,31)(H2,25,26,27,29). The van der Waals surface area contributed by atoms with Crippen LogP contribution in [0.1, 0.15) is 21.6 Å². The molecule has 0 aliphatic carbocycles. The number of nitrogens with one attached hydrogen (secondary N) is 2. The second-order valence-electron chi connectivity index (χ2n) is 8.62. The lowest BCUT2D eigenvalue weighted by Crippen LogP contribution is -2.26. The van der Waals surface area contributed by atoms with Crippen molar-refractivity contribution in [1.82, 2.24) is 20.1 Å². The molecular weight excluding hydrogens is 453 g/mol. The highest BCUT2D eigenvalue weighted by atomic mass is 31.2. The molecule has 0 saturated heterocycles. The van der Waals surface area contributed by atoms with Crippen molar-refractivity contribution in [3.05, 3.63) is 53.2 Å². The lowest BCUT2D eigenvalue weighted by Gasteiger charge is -2.26. The zero-order chi connectivity index (χ0) is 24.5. The van der Waals surface area contributed by atoms with Crippen LogP contribution in [0.2, 0.25) is 0 Å². The summed E-state index contributed by atoms with van der Waals surface area (Å²) in [6.45, 7) is 5.16. The fourth-order valence-electron chi connectivity index (χ4n) is 3.92. The second kappa shape index (κ2) is 9.40. The summed E-state index contributed by atoms with van der Waals surface area (Å²) in [5.74, 6) is 0.145. The van der Waals surface area contributed by atoms with Crippen molar-refractivity contribution in [2.45, 2.75) is 13.0 Å². The molecule has 2 heterocycles. The number of nitrogens with two attached hydrogens (primary N) is 1. The highest BCUT2D eigenvalue weighted by molar-refractivity contribution is 7.70. The van der Waals surface area contributed by atoms with Crippen LogP contribution in [0.15, 0.2) is 36.4 Å². The maximum Gasteiger partial charge on any atom is 0.273 e. The third-order valence-electron chi connectivity index (χ3n) is 5.63. The molecule has 1 aliphatic rings. The number of methoxy groups -OCH3 is 1. The van der Waals surface area contributed by atoms with Gasteiger partial charge in [-0.3, -0.25) is 4.79 Å². The van der Waals surface area contributed by atoms with Crippen molar-refractivity contribution in [3.8, 4) is 5.75 Å². The number of nitrogens with zero attached hydrogens (tertiary/aromatic N) is 4. The number of rotatable bonds is 7. The lowest BCUT2D eigenvalue weighted by atomic mass is 9.99. The zero-order valence-corrected chi connectivity index (χ0v) is 20.5. The Balaban J connectivity index is 1.71. The number of fused-ring (bicyclic) bond motifs is 1. The van der Waals surface area contributed by atoms with Gasteiger partial charge in [0.15, 0.2) is 11.5 Å². The largest absolute Gasteiger partial charge is 0.495 e. The van der Waals surface area contributed by atoms with E-state index in [2.05, 4.69) is 37.8 Å². The minimum absolute atomic E-state index is 0.113. The van der Waals surface area contributed by atoms with Crippen LogP contribution in [0.5, 0.6) is 5.75 Å². The summed E-state index contributed by atoms with van der Waals surface area (Å²) in [5.41, 5.74) is 9.05. The van der Waals surface area contributed by atoms with Crippen LogP contribution in [0, 0.1) is 0 Å². The molecule has 4 N–H and O–H groups in total. The molecule has 0 fully saturated rings. The molecule has 0 unspecified atom stereocenters. The van der Waals surface area contributed by atoms with Crippen molar-refractivity contribution < 1.29 is 14.1 Å². The van der Waals surface area contributed by atoms with E-state index in [-0.39, 0.29) is 17.5 Å². The van der Waals surface area contributed by atoms with Gasteiger partial charge in [0.25, 0.3) is 5.91 Å². The number of primary amides is 1. The minimum atomic E-state index is -2.60. The predicted octanol–water partition coefficient (Wildman–Crippen LogP) is 2.70. The van der Waals surface area contributed by atoms with Gasteiger partial charge in [-0.15, -0.1) is 10.2 Å². The highest BCUT2D eigenvalue weighted by Gasteiger charge is 2.21. The smallest absolute Gasteiger partial charge is 0.273 e. The first kappa shape index (κ1) is 23.7. The maximum absolute atomic E-state index is 12.8. The van der Waals surface area contributed by atoms with Gasteiger partial charge in [0.1, 0.15) is 12.9 Å². The summed E-state index contributed by atoms with van der Waals surface area (Å²) in [7, 11) is 1.08. The molecule has 10 nitrogen and oxygen atoms in total. The van der Waals surface area contributed by atoms with E-state index in [0.717, 1.165) is 19.5 Å². The Morgan fingerprint density at radius 3 is 2.59 bits per heavy atom. The average molecular weight is 481 g/mol. The molecule has 0 radical (unpaired) electrons. The Morgan fingerprint density at radius 1 is 1.12 bits per heavy atom. The van der Waals surface area contributed by atoms with Crippen molar-refractivity contribution in [1.29, 1.82) is 0 Å². The van der Waals surface area contributed by atoms with Gasteiger partial charge in [0, 0.05) is 18.4 Å². The summed E-state index contributed by atoms with van der Waals surface area (Å²) in [6.07, 6.45) is 0.944. The summed E-state index contributed by atoms with van der Waals surface area (Å²) in [4.78, 5) is 18.7. The fraction of sp³-hybridized carbons (Fsp3) is 0.304. The van der Waals surface area contributed by atoms with Gasteiger partial charge in [-0.25, -0.2) is 0 Å². The van der Waals surface area contributed by atoms with Crippen molar-refractivity contribution >= 4 is 41.5 Å². The van der Waals surface area contributed by atoms with E-state index in [4.69, 9.17) is 10.5 Å². The number of carbonyl (C=O) groups excluding carboxylic acids is 1. The van der Waals surface area contributed by atoms with Crippen molar-refractivity contribution in [2.24, 2.45) is 5.73 Å². The number of likely N-dealkylation sites (N-methyl/N-ethyl adjacent to an activating group) is 1. The Morgan fingerprint density at radius 2 is 1.88 bits per heavy atom. The first-order chi connectivity index (χ1) is 16.2. The Labute approximate surface area is 198 Å². The lowest BCUT2D eigenvalue weighted by molar-refractivity contribution is 0.0995. The fourth-order valence-corrected chi connectivity index (χ4v) is 5.08. The summed E-state index contributed by atoms with van der Waals surface area (Å²) in [6, 6.07) is 11.2. The topological polar surface area (TPSA) is 135 Å². The molecule has 0 spiro atoms. The number of hydrogen-bond acceptors (Lipinski definition) is 9. The predicted molar refractivity (Wildman–Crippen MR) is 133 cm³/mol. The molecule has 0 atom stereocenters. The molecule has 1 aliphatic heterocycles. The Hall–Kier alpha value is -3.49. The van der Waals surface area contributed by atoms with Crippen molar-refractivity contribution in [3.63, 3.8) is 0 Å². The Kier molecular flexibility index (Phi) is 6.54. The molecular formula is C23H28N7O3P. The zero-order valence-electron chi connectivity index (χ0n) is 19.6. The monoisotopic (exact) mass is 481 g/mol. The third kappa shape index (κ3) is 5.03. The summed E-state index contributed by atoms with van der Waals surface area (Å²) in [5, 5.41) is 14.9. The van der Waals surface area contributed by atoms with E-state index in [1.807, 2.05) is 12.1 Å². The molecule has 178 valence electrons. The molecule has 34 heavy (non-hydrogen) atoms. The molecule has 4 rings (SSSR count). The second-order valence-corrected chi connectivity index (χ2v) is 11.8. The SMILES string of the molecule is COc1cc2c(cc1Nc1nnc(C(N)=O)c(Nc3ccccc3P(C)(C)=O)n1)CN(C)CC2. The highest BCUT2D eigenvalue weighted by Crippen LogP contribution is 2.38. The first-order valence-corrected chi connectivity index (χ1v) is 13.4. The molecule has 0 bridgehead atoms. The van der Waals surface area contributed by atoms with E-state index in [1.54, 1.807) is 44.7 Å². The van der Waals surface area contributed by atoms with E-state index in [9.17, 15) is 9.36 Å². The molecule has 2 aromatic carbocycles. The van der Waals surface area contributed by atoms with Gasteiger partial charge in [0.2, 0.25) is 5.95 Å².